The van der Waals surface area contributed by atoms with Crippen molar-refractivity contribution in [2.75, 3.05) is 18.6 Å². The van der Waals surface area contributed by atoms with E-state index >= 15 is 0 Å². The molecule has 5 heteroatoms. The minimum atomic E-state index is -0.198. The molecule has 0 radical (unpaired) electrons. The van der Waals surface area contributed by atoms with Crippen LogP contribution in [-0.4, -0.2) is 29.4 Å². The Bertz CT molecular complexity index is 369. The third kappa shape index (κ3) is 4.53. The van der Waals surface area contributed by atoms with Crippen LogP contribution < -0.4 is 10.9 Å². The van der Waals surface area contributed by atoms with Gasteiger partial charge in [0.15, 0.2) is 0 Å². The van der Waals surface area contributed by atoms with Gasteiger partial charge in [-0.25, -0.2) is 0 Å². The standard InChI is InChI=1S/C11H16N2O2S/c1-16-7-3-2-6-12-11(15)9-4-5-10(14)13-8-9/h4-5,8H,2-3,6-7H2,1H3,(H,12,15)(H,13,14). The molecule has 4 nitrogen and oxygen atoms in total. The van der Waals surface area contributed by atoms with Crippen LogP contribution in [0.5, 0.6) is 0 Å². The topological polar surface area (TPSA) is 62.0 Å². The van der Waals surface area contributed by atoms with Crippen molar-refractivity contribution in [3.05, 3.63) is 34.2 Å². The minimum Gasteiger partial charge on any atom is -0.352 e. The van der Waals surface area contributed by atoms with Gasteiger partial charge in [-0.15, -0.1) is 0 Å². The summed E-state index contributed by atoms with van der Waals surface area (Å²) in [6.45, 7) is 0.679. The number of nitrogens with one attached hydrogen (secondary N) is 2. The maximum Gasteiger partial charge on any atom is 0.252 e. The van der Waals surface area contributed by atoms with Crippen molar-refractivity contribution in [3.8, 4) is 0 Å². The summed E-state index contributed by atoms with van der Waals surface area (Å²) in [6, 6.07) is 2.87. The average molecular weight is 240 g/mol. The highest BCUT2D eigenvalue weighted by molar-refractivity contribution is 7.98. The van der Waals surface area contributed by atoms with Gasteiger partial charge in [-0.1, -0.05) is 0 Å². The summed E-state index contributed by atoms with van der Waals surface area (Å²) < 4.78 is 0. The van der Waals surface area contributed by atoms with Crippen LogP contribution in [0.25, 0.3) is 0 Å². The number of pyridine rings is 1. The molecule has 2 N–H and O–H groups in total. The predicted molar refractivity (Wildman–Crippen MR) is 67.0 cm³/mol. The van der Waals surface area contributed by atoms with E-state index in [0.29, 0.717) is 12.1 Å². The lowest BCUT2D eigenvalue weighted by Gasteiger charge is -2.04. The van der Waals surface area contributed by atoms with Gasteiger partial charge in [-0.05, 0) is 30.9 Å². The first-order valence-electron chi connectivity index (χ1n) is 5.20. The first kappa shape index (κ1) is 12.8. The van der Waals surface area contributed by atoms with Gasteiger partial charge in [0.1, 0.15) is 0 Å². The van der Waals surface area contributed by atoms with Gasteiger partial charge < -0.3 is 10.3 Å². The number of aromatic nitrogens is 1. The maximum atomic E-state index is 11.6. The summed E-state index contributed by atoms with van der Waals surface area (Å²) in [4.78, 5) is 24.8. The molecule has 0 saturated heterocycles. The van der Waals surface area contributed by atoms with Crippen LogP contribution in [0.3, 0.4) is 0 Å². The van der Waals surface area contributed by atoms with Gasteiger partial charge in [0.25, 0.3) is 5.91 Å². The van der Waals surface area contributed by atoms with Crippen molar-refractivity contribution in [2.24, 2.45) is 0 Å². The van der Waals surface area contributed by atoms with E-state index in [1.807, 2.05) is 0 Å². The van der Waals surface area contributed by atoms with Crippen molar-refractivity contribution in [3.63, 3.8) is 0 Å². The molecule has 1 aromatic heterocycles. The van der Waals surface area contributed by atoms with Gasteiger partial charge in [-0.2, -0.15) is 11.8 Å². The molecule has 0 aliphatic carbocycles. The summed E-state index contributed by atoms with van der Waals surface area (Å²) in [5.74, 6) is 0.981. The maximum absolute atomic E-state index is 11.6. The lowest BCUT2D eigenvalue weighted by molar-refractivity contribution is 0.0953. The number of carbonyl (C=O) groups is 1. The van der Waals surface area contributed by atoms with Gasteiger partial charge in [0, 0.05) is 18.8 Å². The molecule has 0 aliphatic rings. The highest BCUT2D eigenvalue weighted by Crippen LogP contribution is 1.98. The van der Waals surface area contributed by atoms with Crippen LogP contribution in [0.1, 0.15) is 23.2 Å². The zero-order valence-corrected chi connectivity index (χ0v) is 10.1. The molecular weight excluding hydrogens is 224 g/mol. The van der Waals surface area contributed by atoms with Crippen molar-refractivity contribution in [2.45, 2.75) is 12.8 Å². The quantitative estimate of drug-likeness (QED) is 0.736. The Labute approximate surface area is 98.8 Å². The van der Waals surface area contributed by atoms with E-state index in [1.54, 1.807) is 11.8 Å². The molecule has 0 fully saturated rings. The highest BCUT2D eigenvalue weighted by atomic mass is 32.2. The second-order valence-corrected chi connectivity index (χ2v) is 4.38. The van der Waals surface area contributed by atoms with Gasteiger partial charge >= 0.3 is 0 Å². The molecule has 88 valence electrons. The Morgan fingerprint density at radius 1 is 1.44 bits per heavy atom. The first-order valence-corrected chi connectivity index (χ1v) is 6.59. The number of carbonyl (C=O) groups excluding carboxylic acids is 1. The van der Waals surface area contributed by atoms with Crippen LogP contribution in [0.4, 0.5) is 0 Å². The summed E-state index contributed by atoms with van der Waals surface area (Å²) in [6.07, 6.45) is 5.58. The van der Waals surface area contributed by atoms with Crippen LogP contribution in [0, 0.1) is 0 Å². The van der Waals surface area contributed by atoms with E-state index in [1.165, 1.54) is 18.3 Å². The fraction of sp³-hybridized carbons (Fsp3) is 0.455. The molecule has 1 heterocycles. The lowest BCUT2D eigenvalue weighted by Crippen LogP contribution is -2.25. The summed E-state index contributed by atoms with van der Waals surface area (Å²) >= 11 is 1.81. The normalized spacial score (nSPS) is 10.1. The SMILES string of the molecule is CSCCCCNC(=O)c1ccc(=O)[nH]c1. The molecule has 0 bridgehead atoms. The Morgan fingerprint density at radius 2 is 2.25 bits per heavy atom. The fourth-order valence-electron chi connectivity index (χ4n) is 1.23. The molecule has 0 spiro atoms. The number of H-pyrrole nitrogens is 1. The van der Waals surface area contributed by atoms with Gasteiger partial charge in [0.05, 0.1) is 5.56 Å². The number of aromatic amines is 1. The number of rotatable bonds is 6. The van der Waals surface area contributed by atoms with Crippen LogP contribution >= 0.6 is 11.8 Å². The van der Waals surface area contributed by atoms with Crippen LogP contribution in [0.2, 0.25) is 0 Å². The Kier molecular flexibility index (Phi) is 5.71. The smallest absolute Gasteiger partial charge is 0.252 e. The summed E-state index contributed by atoms with van der Waals surface area (Å²) in [7, 11) is 0. The highest BCUT2D eigenvalue weighted by Gasteiger charge is 2.03. The monoisotopic (exact) mass is 240 g/mol. The number of hydrogen-bond donors (Lipinski definition) is 2. The molecule has 0 atom stereocenters. The average Bonchev–Trinajstić information content (AvgIpc) is 2.29. The molecule has 16 heavy (non-hydrogen) atoms. The van der Waals surface area contributed by atoms with Gasteiger partial charge in [-0.3, -0.25) is 9.59 Å². The molecule has 0 aliphatic heterocycles. The second kappa shape index (κ2) is 7.11. The van der Waals surface area contributed by atoms with E-state index in [-0.39, 0.29) is 11.5 Å². The predicted octanol–water partition coefficient (Wildman–Crippen LogP) is 1.25. The molecule has 1 rings (SSSR count). The van der Waals surface area contributed by atoms with Crippen molar-refractivity contribution in [1.29, 1.82) is 0 Å². The van der Waals surface area contributed by atoms with Gasteiger partial charge in [0.2, 0.25) is 5.56 Å². The summed E-state index contributed by atoms with van der Waals surface area (Å²) in [5, 5.41) is 2.81. The molecule has 0 saturated carbocycles. The molecule has 1 amide bonds. The molecule has 0 aromatic carbocycles. The largest absolute Gasteiger partial charge is 0.352 e. The van der Waals surface area contributed by atoms with E-state index in [2.05, 4.69) is 16.6 Å². The third-order valence-electron chi connectivity index (χ3n) is 2.11. The molecule has 1 aromatic rings. The number of amides is 1. The Morgan fingerprint density at radius 3 is 2.88 bits per heavy atom. The molecule has 0 unspecified atom stereocenters. The number of hydrogen-bond acceptors (Lipinski definition) is 3. The summed E-state index contributed by atoms with van der Waals surface area (Å²) in [5.41, 5.74) is 0.293. The third-order valence-corrected chi connectivity index (χ3v) is 2.80. The number of thioether (sulfide) groups is 1. The number of unbranched alkanes of at least 4 members (excludes halogenated alkanes) is 1. The van der Waals surface area contributed by atoms with E-state index in [0.717, 1.165) is 18.6 Å². The lowest BCUT2D eigenvalue weighted by atomic mass is 10.2. The zero-order chi connectivity index (χ0) is 11.8. The van der Waals surface area contributed by atoms with E-state index in [4.69, 9.17) is 0 Å². The van der Waals surface area contributed by atoms with Crippen LogP contribution in [-0.2, 0) is 0 Å². The second-order valence-electron chi connectivity index (χ2n) is 3.40. The zero-order valence-electron chi connectivity index (χ0n) is 9.29. The van der Waals surface area contributed by atoms with Crippen molar-refractivity contribution < 1.29 is 4.79 Å². The Balaban J connectivity index is 2.30. The molecular formula is C11H16N2O2S. The minimum absolute atomic E-state index is 0.139. The van der Waals surface area contributed by atoms with Crippen molar-refractivity contribution >= 4 is 17.7 Å². The van der Waals surface area contributed by atoms with Crippen LogP contribution in [0.15, 0.2) is 23.1 Å². The fourth-order valence-corrected chi connectivity index (χ4v) is 1.72. The first-order chi connectivity index (χ1) is 7.74. The van der Waals surface area contributed by atoms with E-state index < -0.39 is 0 Å². The van der Waals surface area contributed by atoms with E-state index in [9.17, 15) is 9.59 Å². The van der Waals surface area contributed by atoms with Crippen molar-refractivity contribution in [1.82, 2.24) is 10.3 Å². The Hall–Kier alpha value is -1.23.